The van der Waals surface area contributed by atoms with Crippen LogP contribution >= 0.6 is 0 Å². The van der Waals surface area contributed by atoms with Gasteiger partial charge in [-0.1, -0.05) is 39.0 Å². The standard InChI is InChI=1S/C29H40O4/c1-18-16-25-23-11-10-21-17-22(33-26(31)20-8-6-5-7-9-20)12-14-27(21,3)24(23)13-15-28(25,4)29(18,32)19(2)30/h5-9,18,21-25,32H,10-17H2,1-4H3/t18-,21+,22+,23-,24-,25+,27-,28-,29-/m0/s1. The van der Waals surface area contributed by atoms with E-state index in [1.807, 2.05) is 30.3 Å². The predicted octanol–water partition coefficient (Wildman–Crippen LogP) is 5.82. The van der Waals surface area contributed by atoms with E-state index in [9.17, 15) is 14.7 Å². The summed E-state index contributed by atoms with van der Waals surface area (Å²) in [6.07, 6.45) is 8.35. The summed E-state index contributed by atoms with van der Waals surface area (Å²) < 4.78 is 5.95. The number of hydrogen-bond donors (Lipinski definition) is 1. The van der Waals surface area contributed by atoms with Crippen LogP contribution in [0.25, 0.3) is 0 Å². The number of ether oxygens (including phenoxy) is 1. The van der Waals surface area contributed by atoms with Crippen LogP contribution in [0, 0.1) is 40.4 Å². The van der Waals surface area contributed by atoms with E-state index in [-0.39, 0.29) is 34.6 Å². The van der Waals surface area contributed by atoms with Crippen molar-refractivity contribution in [1.82, 2.24) is 0 Å². The lowest BCUT2D eigenvalue weighted by Crippen LogP contribution is -2.59. The number of benzene rings is 1. The van der Waals surface area contributed by atoms with Crippen LogP contribution in [0.1, 0.15) is 89.4 Å². The summed E-state index contributed by atoms with van der Waals surface area (Å²) in [6.45, 7) is 8.36. The van der Waals surface area contributed by atoms with E-state index in [4.69, 9.17) is 4.74 Å². The molecule has 9 atom stereocenters. The summed E-state index contributed by atoms with van der Waals surface area (Å²) in [5.74, 6) is 2.02. The van der Waals surface area contributed by atoms with Gasteiger partial charge in [-0.2, -0.15) is 0 Å². The molecular formula is C29H40O4. The molecule has 4 fully saturated rings. The molecule has 33 heavy (non-hydrogen) atoms. The fourth-order valence-electron chi connectivity index (χ4n) is 9.21. The van der Waals surface area contributed by atoms with Gasteiger partial charge in [0.1, 0.15) is 11.7 Å². The summed E-state index contributed by atoms with van der Waals surface area (Å²) >= 11 is 0. The Hall–Kier alpha value is -1.68. The van der Waals surface area contributed by atoms with E-state index in [1.165, 1.54) is 6.42 Å². The zero-order valence-corrected chi connectivity index (χ0v) is 20.7. The first-order chi connectivity index (χ1) is 15.6. The van der Waals surface area contributed by atoms with Gasteiger partial charge in [0.25, 0.3) is 0 Å². The molecule has 0 heterocycles. The highest BCUT2D eigenvalue weighted by Crippen LogP contribution is 2.69. The van der Waals surface area contributed by atoms with Gasteiger partial charge in [0, 0.05) is 5.41 Å². The zero-order valence-electron chi connectivity index (χ0n) is 20.7. The minimum Gasteiger partial charge on any atom is -0.459 e. The van der Waals surface area contributed by atoms with Crippen LogP contribution in [0.2, 0.25) is 0 Å². The molecule has 180 valence electrons. The van der Waals surface area contributed by atoms with Gasteiger partial charge in [-0.3, -0.25) is 4.79 Å². The molecule has 1 N–H and O–H groups in total. The van der Waals surface area contributed by atoms with Gasteiger partial charge in [0.15, 0.2) is 5.78 Å². The minimum atomic E-state index is -1.18. The lowest BCUT2D eigenvalue weighted by molar-refractivity contribution is -0.175. The molecule has 5 rings (SSSR count). The van der Waals surface area contributed by atoms with Crippen molar-refractivity contribution in [2.75, 3.05) is 0 Å². The van der Waals surface area contributed by atoms with Crippen LogP contribution in [0.5, 0.6) is 0 Å². The SMILES string of the molecule is CC(=O)[C@@]1(O)[C@@H](C)C[C@@H]2[C@H]3CC[C@@H]4C[C@H](OC(=O)c5ccccc5)CC[C@]4(C)[C@H]3CC[C@@]21C. The van der Waals surface area contributed by atoms with Gasteiger partial charge < -0.3 is 9.84 Å². The Balaban J connectivity index is 1.32. The molecule has 1 aromatic carbocycles. The molecule has 4 saturated carbocycles. The Labute approximate surface area is 198 Å². The smallest absolute Gasteiger partial charge is 0.338 e. The number of ketones is 1. The van der Waals surface area contributed by atoms with Crippen LogP contribution in [0.4, 0.5) is 0 Å². The van der Waals surface area contributed by atoms with E-state index in [1.54, 1.807) is 6.92 Å². The van der Waals surface area contributed by atoms with Gasteiger partial charge in [0.05, 0.1) is 5.56 Å². The van der Waals surface area contributed by atoms with Crippen LogP contribution in [0.3, 0.4) is 0 Å². The van der Waals surface area contributed by atoms with Crippen molar-refractivity contribution in [2.24, 2.45) is 40.4 Å². The molecule has 0 aliphatic heterocycles. The van der Waals surface area contributed by atoms with Gasteiger partial charge in [-0.05, 0) is 105 Å². The quantitative estimate of drug-likeness (QED) is 0.587. The van der Waals surface area contributed by atoms with Gasteiger partial charge in [-0.25, -0.2) is 4.79 Å². The number of aliphatic hydroxyl groups is 1. The molecule has 0 radical (unpaired) electrons. The maximum atomic E-state index is 12.6. The van der Waals surface area contributed by atoms with Crippen molar-refractivity contribution in [1.29, 1.82) is 0 Å². The Kier molecular flexibility index (Phi) is 5.55. The molecule has 4 heteroatoms. The molecule has 0 spiro atoms. The highest BCUT2D eigenvalue weighted by Gasteiger charge is 2.68. The molecule has 0 amide bonds. The number of carbonyl (C=O) groups is 2. The van der Waals surface area contributed by atoms with E-state index < -0.39 is 5.60 Å². The molecule has 4 aliphatic rings. The van der Waals surface area contributed by atoms with E-state index >= 15 is 0 Å². The fraction of sp³-hybridized carbons (Fsp3) is 0.724. The summed E-state index contributed by atoms with van der Waals surface area (Å²) in [5, 5.41) is 11.6. The van der Waals surface area contributed by atoms with Crippen molar-refractivity contribution in [3.8, 4) is 0 Å². The summed E-state index contributed by atoms with van der Waals surface area (Å²) in [7, 11) is 0. The Morgan fingerprint density at radius 1 is 0.970 bits per heavy atom. The number of hydrogen-bond acceptors (Lipinski definition) is 4. The first-order valence-corrected chi connectivity index (χ1v) is 13.1. The van der Waals surface area contributed by atoms with E-state index in [0.717, 1.165) is 44.9 Å². The summed E-state index contributed by atoms with van der Waals surface area (Å²) in [6, 6.07) is 9.32. The van der Waals surface area contributed by atoms with E-state index in [2.05, 4.69) is 20.8 Å². The van der Waals surface area contributed by atoms with E-state index in [0.29, 0.717) is 29.2 Å². The van der Waals surface area contributed by atoms with Crippen molar-refractivity contribution in [2.45, 2.75) is 90.8 Å². The Morgan fingerprint density at radius 3 is 2.39 bits per heavy atom. The second-order valence-corrected chi connectivity index (χ2v) is 12.2. The molecule has 0 aromatic heterocycles. The molecule has 4 aliphatic carbocycles. The number of carbonyl (C=O) groups excluding carboxylic acids is 2. The largest absolute Gasteiger partial charge is 0.459 e. The van der Waals surface area contributed by atoms with Crippen molar-refractivity contribution in [3.63, 3.8) is 0 Å². The maximum absolute atomic E-state index is 12.6. The second kappa shape index (κ2) is 7.93. The normalized spacial score (nSPS) is 46.6. The summed E-state index contributed by atoms with van der Waals surface area (Å²) in [5.41, 5.74) is -0.580. The van der Waals surface area contributed by atoms with Crippen molar-refractivity contribution in [3.05, 3.63) is 35.9 Å². The topological polar surface area (TPSA) is 63.6 Å². The fourth-order valence-corrected chi connectivity index (χ4v) is 9.21. The second-order valence-electron chi connectivity index (χ2n) is 12.2. The number of esters is 1. The molecule has 4 nitrogen and oxygen atoms in total. The van der Waals surface area contributed by atoms with Gasteiger partial charge in [-0.15, -0.1) is 0 Å². The predicted molar refractivity (Wildman–Crippen MR) is 128 cm³/mol. The monoisotopic (exact) mass is 452 g/mol. The highest BCUT2D eigenvalue weighted by atomic mass is 16.5. The van der Waals surface area contributed by atoms with Crippen LogP contribution in [0.15, 0.2) is 30.3 Å². The maximum Gasteiger partial charge on any atom is 0.338 e. The lowest BCUT2D eigenvalue weighted by atomic mass is 9.44. The average molecular weight is 453 g/mol. The van der Waals surface area contributed by atoms with Crippen LogP contribution < -0.4 is 0 Å². The average Bonchev–Trinajstić information content (AvgIpc) is 3.01. The third kappa shape index (κ3) is 3.26. The molecule has 0 bridgehead atoms. The van der Waals surface area contributed by atoms with Gasteiger partial charge in [0.2, 0.25) is 0 Å². The molecule has 0 saturated heterocycles. The number of Topliss-reactive ketones (excluding diaryl/α,β-unsaturated/α-hetero) is 1. The zero-order chi connectivity index (χ0) is 23.6. The van der Waals surface area contributed by atoms with Crippen molar-refractivity contribution < 1.29 is 19.4 Å². The first kappa shape index (κ1) is 23.1. The lowest BCUT2D eigenvalue weighted by Gasteiger charge is -2.61. The molecular weight excluding hydrogens is 412 g/mol. The third-order valence-electron chi connectivity index (χ3n) is 11.0. The first-order valence-electron chi connectivity index (χ1n) is 13.1. The van der Waals surface area contributed by atoms with Crippen molar-refractivity contribution >= 4 is 11.8 Å². The van der Waals surface area contributed by atoms with Crippen LogP contribution in [-0.2, 0) is 9.53 Å². The number of fused-ring (bicyclic) bond motifs is 5. The number of rotatable bonds is 3. The Bertz CT molecular complexity index is 927. The Morgan fingerprint density at radius 2 is 1.70 bits per heavy atom. The van der Waals surface area contributed by atoms with Crippen LogP contribution in [-0.4, -0.2) is 28.6 Å². The molecule has 1 aromatic rings. The molecule has 0 unspecified atom stereocenters. The summed E-state index contributed by atoms with van der Waals surface area (Å²) in [4.78, 5) is 25.2. The minimum absolute atomic E-state index is 0.00972. The van der Waals surface area contributed by atoms with Gasteiger partial charge >= 0.3 is 5.97 Å². The third-order valence-corrected chi connectivity index (χ3v) is 11.0. The highest BCUT2D eigenvalue weighted by molar-refractivity contribution is 5.89.